The fourth-order valence-corrected chi connectivity index (χ4v) is 3.94. The van der Waals surface area contributed by atoms with Gasteiger partial charge in [0.15, 0.2) is 0 Å². The van der Waals surface area contributed by atoms with Crippen molar-refractivity contribution in [1.29, 1.82) is 0 Å². The lowest BCUT2D eigenvalue weighted by Crippen LogP contribution is -2.57. The summed E-state index contributed by atoms with van der Waals surface area (Å²) in [6.07, 6.45) is -0.00553. The molecule has 0 aliphatic carbocycles. The number of hydrogen-bond donors (Lipinski definition) is 3. The molecule has 9 nitrogen and oxygen atoms in total. The number of methoxy groups -OCH3 is 1. The van der Waals surface area contributed by atoms with Crippen molar-refractivity contribution >= 4 is 23.9 Å². The summed E-state index contributed by atoms with van der Waals surface area (Å²) >= 11 is 0. The SMILES string of the molecule is COC(=O)[C@@H](CC(C)C)NC(=O)[C@@H](Cc1ccccc1)NC(=O)C(Cc1ccccc1)NC(=O)OC(C)(C)C. The molecule has 0 aliphatic heterocycles. The molecule has 0 fully saturated rings. The number of amides is 3. The van der Waals surface area contributed by atoms with Gasteiger partial charge in [-0.2, -0.15) is 0 Å². The molecule has 212 valence electrons. The lowest BCUT2D eigenvalue weighted by Gasteiger charge is -2.26. The Morgan fingerprint density at radius 1 is 0.718 bits per heavy atom. The molecule has 1 unspecified atom stereocenters. The van der Waals surface area contributed by atoms with Crippen LogP contribution < -0.4 is 16.0 Å². The van der Waals surface area contributed by atoms with Crippen molar-refractivity contribution in [3.05, 3.63) is 71.8 Å². The standard InChI is InChI=1S/C30H41N3O6/c1-20(2)17-25(28(36)38-6)32-26(34)23(18-21-13-9-7-10-14-21)31-27(35)24(19-22-15-11-8-12-16-22)33-29(37)39-30(3,4)5/h7-16,20,23-25H,17-19H2,1-6H3,(H,31,35)(H,32,34)(H,33,37)/t23-,24?,25-/m1/s1. The second-order valence-corrected chi connectivity index (χ2v) is 10.9. The van der Waals surface area contributed by atoms with Crippen molar-refractivity contribution in [3.8, 4) is 0 Å². The number of benzene rings is 2. The lowest BCUT2D eigenvalue weighted by molar-refractivity contribution is -0.145. The van der Waals surface area contributed by atoms with E-state index < -0.39 is 47.6 Å². The molecule has 2 aromatic carbocycles. The van der Waals surface area contributed by atoms with Gasteiger partial charge >= 0.3 is 12.1 Å². The van der Waals surface area contributed by atoms with Crippen molar-refractivity contribution in [2.45, 2.75) is 77.6 Å². The van der Waals surface area contributed by atoms with Crippen LogP contribution in [0.15, 0.2) is 60.7 Å². The number of carbonyl (C=O) groups is 4. The molecule has 0 aromatic heterocycles. The Hall–Kier alpha value is -3.88. The van der Waals surface area contributed by atoms with Crippen LogP contribution in [0, 0.1) is 5.92 Å². The molecule has 0 saturated heterocycles. The number of hydrogen-bond acceptors (Lipinski definition) is 6. The molecule has 39 heavy (non-hydrogen) atoms. The van der Waals surface area contributed by atoms with Gasteiger partial charge in [-0.25, -0.2) is 9.59 Å². The minimum atomic E-state index is -1.02. The summed E-state index contributed by atoms with van der Waals surface area (Å²) in [5, 5.41) is 8.19. The topological polar surface area (TPSA) is 123 Å². The fourth-order valence-electron chi connectivity index (χ4n) is 3.94. The number of esters is 1. The maximum absolute atomic E-state index is 13.6. The Kier molecular flexibility index (Phi) is 12.0. The molecule has 0 saturated carbocycles. The van der Waals surface area contributed by atoms with Gasteiger partial charge in [-0.1, -0.05) is 74.5 Å². The zero-order valence-corrected chi connectivity index (χ0v) is 23.7. The molecule has 0 spiro atoms. The number of alkyl carbamates (subject to hydrolysis) is 1. The summed E-state index contributed by atoms with van der Waals surface area (Å²) < 4.78 is 10.3. The van der Waals surface area contributed by atoms with Gasteiger partial charge in [-0.3, -0.25) is 9.59 Å². The van der Waals surface area contributed by atoms with E-state index in [0.717, 1.165) is 11.1 Å². The third-order valence-corrected chi connectivity index (χ3v) is 5.72. The molecule has 3 amide bonds. The molecular formula is C30H41N3O6. The molecule has 3 N–H and O–H groups in total. The fraction of sp³-hybridized carbons (Fsp3) is 0.467. The van der Waals surface area contributed by atoms with E-state index in [4.69, 9.17) is 9.47 Å². The molecule has 2 aromatic rings. The molecule has 3 atom stereocenters. The second-order valence-electron chi connectivity index (χ2n) is 10.9. The van der Waals surface area contributed by atoms with Crippen molar-refractivity contribution in [3.63, 3.8) is 0 Å². The zero-order chi connectivity index (χ0) is 29.0. The van der Waals surface area contributed by atoms with Crippen LogP contribution in [0.25, 0.3) is 0 Å². The van der Waals surface area contributed by atoms with Gasteiger partial charge in [0.1, 0.15) is 23.7 Å². The molecule has 0 bridgehead atoms. The Morgan fingerprint density at radius 2 is 1.15 bits per heavy atom. The van der Waals surface area contributed by atoms with E-state index in [-0.39, 0.29) is 18.8 Å². The predicted molar refractivity (Wildman–Crippen MR) is 149 cm³/mol. The molecule has 0 aliphatic rings. The normalized spacial score (nSPS) is 13.5. The largest absolute Gasteiger partial charge is 0.467 e. The van der Waals surface area contributed by atoms with Gasteiger partial charge in [0.2, 0.25) is 11.8 Å². The van der Waals surface area contributed by atoms with Gasteiger partial charge in [-0.15, -0.1) is 0 Å². The number of carbonyl (C=O) groups excluding carboxylic acids is 4. The van der Waals surface area contributed by atoms with Crippen LogP contribution in [-0.2, 0) is 36.7 Å². The van der Waals surface area contributed by atoms with Gasteiger partial charge in [0.05, 0.1) is 7.11 Å². The van der Waals surface area contributed by atoms with Gasteiger partial charge in [0.25, 0.3) is 0 Å². The van der Waals surface area contributed by atoms with E-state index >= 15 is 0 Å². The monoisotopic (exact) mass is 539 g/mol. The average molecular weight is 540 g/mol. The highest BCUT2D eigenvalue weighted by molar-refractivity contribution is 5.93. The van der Waals surface area contributed by atoms with Crippen LogP contribution in [0.1, 0.15) is 52.2 Å². The Balaban J connectivity index is 2.30. The lowest BCUT2D eigenvalue weighted by atomic mass is 10.0. The first kappa shape index (κ1) is 31.3. The summed E-state index contributed by atoms with van der Waals surface area (Å²) in [6, 6.07) is 15.6. The van der Waals surface area contributed by atoms with E-state index in [1.54, 1.807) is 20.8 Å². The quantitative estimate of drug-likeness (QED) is 0.355. The minimum absolute atomic E-state index is 0.116. The maximum atomic E-state index is 13.6. The van der Waals surface area contributed by atoms with Crippen molar-refractivity contribution < 1.29 is 28.7 Å². The minimum Gasteiger partial charge on any atom is -0.467 e. The summed E-state index contributed by atoms with van der Waals surface area (Å²) in [7, 11) is 1.27. The van der Waals surface area contributed by atoms with E-state index in [0.29, 0.717) is 6.42 Å². The first-order valence-corrected chi connectivity index (χ1v) is 13.1. The van der Waals surface area contributed by atoms with Crippen LogP contribution in [0.5, 0.6) is 0 Å². The van der Waals surface area contributed by atoms with Crippen molar-refractivity contribution in [1.82, 2.24) is 16.0 Å². The van der Waals surface area contributed by atoms with E-state index in [9.17, 15) is 19.2 Å². The Labute approximate surface area is 231 Å². The third kappa shape index (κ3) is 11.6. The van der Waals surface area contributed by atoms with Crippen LogP contribution in [-0.4, -0.2) is 54.7 Å². The third-order valence-electron chi connectivity index (χ3n) is 5.72. The van der Waals surface area contributed by atoms with Crippen LogP contribution in [0.4, 0.5) is 4.79 Å². The van der Waals surface area contributed by atoms with Gasteiger partial charge in [-0.05, 0) is 44.2 Å². The molecule has 0 heterocycles. The van der Waals surface area contributed by atoms with Gasteiger partial charge in [0, 0.05) is 12.8 Å². The van der Waals surface area contributed by atoms with Crippen LogP contribution in [0.3, 0.4) is 0 Å². The molecule has 0 radical (unpaired) electrons. The van der Waals surface area contributed by atoms with E-state index in [2.05, 4.69) is 16.0 Å². The second kappa shape index (κ2) is 14.9. The zero-order valence-electron chi connectivity index (χ0n) is 23.7. The highest BCUT2D eigenvalue weighted by Gasteiger charge is 2.31. The Morgan fingerprint density at radius 3 is 1.56 bits per heavy atom. The highest BCUT2D eigenvalue weighted by Crippen LogP contribution is 2.11. The average Bonchev–Trinajstić information content (AvgIpc) is 2.86. The molecular weight excluding hydrogens is 498 g/mol. The number of ether oxygens (including phenoxy) is 2. The molecule has 2 rings (SSSR count). The van der Waals surface area contributed by atoms with Crippen LogP contribution >= 0.6 is 0 Å². The van der Waals surface area contributed by atoms with Gasteiger partial charge < -0.3 is 25.4 Å². The highest BCUT2D eigenvalue weighted by atomic mass is 16.6. The summed E-state index contributed by atoms with van der Waals surface area (Å²) in [6.45, 7) is 9.06. The van der Waals surface area contributed by atoms with Crippen molar-refractivity contribution in [2.24, 2.45) is 5.92 Å². The van der Waals surface area contributed by atoms with Crippen LogP contribution in [0.2, 0.25) is 0 Å². The first-order valence-electron chi connectivity index (χ1n) is 13.1. The number of rotatable bonds is 12. The Bertz CT molecular complexity index is 1080. The van der Waals surface area contributed by atoms with E-state index in [1.807, 2.05) is 74.5 Å². The maximum Gasteiger partial charge on any atom is 0.408 e. The van der Waals surface area contributed by atoms with Crippen molar-refractivity contribution in [2.75, 3.05) is 7.11 Å². The first-order chi connectivity index (χ1) is 18.4. The molecule has 9 heteroatoms. The summed E-state index contributed by atoms with van der Waals surface area (Å²) in [5.41, 5.74) is 0.879. The summed E-state index contributed by atoms with van der Waals surface area (Å²) in [5.74, 6) is -1.53. The predicted octanol–water partition coefficient (Wildman–Crippen LogP) is 3.55. The number of nitrogens with one attached hydrogen (secondary N) is 3. The summed E-state index contributed by atoms with van der Waals surface area (Å²) in [4.78, 5) is 51.9. The van der Waals surface area contributed by atoms with E-state index in [1.165, 1.54) is 7.11 Å². The smallest absolute Gasteiger partial charge is 0.408 e.